The lowest BCUT2D eigenvalue weighted by Crippen LogP contribution is -2.11. The Bertz CT molecular complexity index is 994. The number of carbonyl (C=O) groups is 2. The van der Waals surface area contributed by atoms with Crippen molar-refractivity contribution in [2.45, 2.75) is 40.9 Å². The van der Waals surface area contributed by atoms with Crippen molar-refractivity contribution in [1.29, 1.82) is 0 Å². The smallest absolute Gasteiger partial charge is 0.302 e. The number of hydrogen-bond donors (Lipinski definition) is 0. The highest BCUT2D eigenvalue weighted by molar-refractivity contribution is 5.77. The van der Waals surface area contributed by atoms with Crippen molar-refractivity contribution < 1.29 is 19.1 Å². The molecule has 0 saturated heterocycles. The van der Waals surface area contributed by atoms with E-state index in [1.54, 1.807) is 0 Å². The molecule has 160 valence electrons. The Morgan fingerprint density at radius 3 is 1.45 bits per heavy atom. The van der Waals surface area contributed by atoms with Crippen molar-refractivity contribution in [3.8, 4) is 0 Å². The Balaban J connectivity index is 1.94. The maximum atomic E-state index is 11.1. The molecule has 0 bridgehead atoms. The van der Waals surface area contributed by atoms with Crippen LogP contribution >= 0.6 is 0 Å². The SMILES string of the molecule is CC(=O)OCc1ccc(N(c2ccc(COC(C)=O)cc2)c2ccc(C)c(C)c2)cc1. The van der Waals surface area contributed by atoms with E-state index >= 15 is 0 Å². The number of aryl methyl sites for hydroxylation is 2. The number of rotatable bonds is 7. The van der Waals surface area contributed by atoms with Gasteiger partial charge in [0.15, 0.2) is 0 Å². The molecule has 0 atom stereocenters. The van der Waals surface area contributed by atoms with Gasteiger partial charge in [0, 0.05) is 30.9 Å². The first-order valence-electron chi connectivity index (χ1n) is 10.2. The molecule has 0 amide bonds. The quantitative estimate of drug-likeness (QED) is 0.448. The third kappa shape index (κ3) is 5.95. The molecule has 0 unspecified atom stereocenters. The summed E-state index contributed by atoms with van der Waals surface area (Å²) in [6.07, 6.45) is 0. The van der Waals surface area contributed by atoms with Crippen LogP contribution in [-0.4, -0.2) is 11.9 Å². The minimum atomic E-state index is -0.297. The average molecular weight is 418 g/mol. The molecular weight excluding hydrogens is 390 g/mol. The molecule has 3 aromatic rings. The fourth-order valence-electron chi connectivity index (χ4n) is 3.16. The number of hydrogen-bond acceptors (Lipinski definition) is 5. The molecule has 3 rings (SSSR count). The monoisotopic (exact) mass is 417 g/mol. The second kappa shape index (κ2) is 9.94. The molecule has 0 aliphatic rings. The van der Waals surface area contributed by atoms with Crippen molar-refractivity contribution in [2.24, 2.45) is 0 Å². The van der Waals surface area contributed by atoms with Gasteiger partial charge in [-0.2, -0.15) is 0 Å². The Kier molecular flexibility index (Phi) is 7.08. The largest absolute Gasteiger partial charge is 0.461 e. The molecule has 5 nitrogen and oxygen atoms in total. The molecule has 0 fully saturated rings. The zero-order valence-corrected chi connectivity index (χ0v) is 18.3. The summed E-state index contributed by atoms with van der Waals surface area (Å²) in [5.74, 6) is -0.593. The highest BCUT2D eigenvalue weighted by Gasteiger charge is 2.13. The van der Waals surface area contributed by atoms with Gasteiger partial charge in [0.05, 0.1) is 0 Å². The minimum Gasteiger partial charge on any atom is -0.461 e. The Labute approximate surface area is 183 Å². The molecule has 0 heterocycles. The summed E-state index contributed by atoms with van der Waals surface area (Å²) >= 11 is 0. The normalized spacial score (nSPS) is 10.5. The molecule has 3 aromatic carbocycles. The first-order valence-corrected chi connectivity index (χ1v) is 10.2. The summed E-state index contributed by atoms with van der Waals surface area (Å²) in [6, 6.07) is 22.3. The van der Waals surface area contributed by atoms with Crippen LogP contribution in [-0.2, 0) is 32.3 Å². The summed E-state index contributed by atoms with van der Waals surface area (Å²) in [7, 11) is 0. The highest BCUT2D eigenvalue weighted by Crippen LogP contribution is 2.35. The topological polar surface area (TPSA) is 55.8 Å². The van der Waals surface area contributed by atoms with E-state index in [0.29, 0.717) is 0 Å². The molecule has 31 heavy (non-hydrogen) atoms. The van der Waals surface area contributed by atoms with Crippen molar-refractivity contribution in [1.82, 2.24) is 0 Å². The fraction of sp³-hybridized carbons (Fsp3) is 0.231. The molecule has 5 heteroatoms. The van der Waals surface area contributed by atoms with Crippen LogP contribution in [0.15, 0.2) is 66.7 Å². The van der Waals surface area contributed by atoms with Crippen LogP contribution in [0.1, 0.15) is 36.1 Å². The Hall–Kier alpha value is -3.60. The average Bonchev–Trinajstić information content (AvgIpc) is 2.75. The molecule has 0 aliphatic heterocycles. The maximum Gasteiger partial charge on any atom is 0.302 e. The first-order chi connectivity index (χ1) is 14.8. The number of anilines is 3. The van der Waals surface area contributed by atoms with Gasteiger partial charge in [-0.3, -0.25) is 9.59 Å². The van der Waals surface area contributed by atoms with E-state index in [1.165, 1.54) is 25.0 Å². The lowest BCUT2D eigenvalue weighted by Gasteiger charge is -2.26. The van der Waals surface area contributed by atoms with Crippen molar-refractivity contribution >= 4 is 29.0 Å². The molecule has 0 saturated carbocycles. The predicted octanol–water partition coefficient (Wildman–Crippen LogP) is 5.90. The van der Waals surface area contributed by atoms with E-state index in [2.05, 4.69) is 36.9 Å². The second-order valence-corrected chi connectivity index (χ2v) is 7.50. The maximum absolute atomic E-state index is 11.1. The van der Waals surface area contributed by atoms with Crippen LogP contribution in [0.5, 0.6) is 0 Å². The summed E-state index contributed by atoms with van der Waals surface area (Å²) in [5.41, 5.74) is 7.32. The summed E-state index contributed by atoms with van der Waals surface area (Å²) < 4.78 is 10.2. The standard InChI is InChI=1S/C26H27NO4/c1-18-5-10-26(15-19(18)2)27(24-11-6-22(7-12-24)16-30-20(3)28)25-13-8-23(9-14-25)17-31-21(4)29/h5-15H,16-17H2,1-4H3. The summed E-state index contributed by atoms with van der Waals surface area (Å²) in [5, 5.41) is 0. The lowest BCUT2D eigenvalue weighted by molar-refractivity contribution is -0.143. The van der Waals surface area contributed by atoms with Gasteiger partial charge < -0.3 is 14.4 Å². The fourth-order valence-corrected chi connectivity index (χ4v) is 3.16. The van der Waals surface area contributed by atoms with Gasteiger partial charge in [-0.15, -0.1) is 0 Å². The van der Waals surface area contributed by atoms with E-state index in [0.717, 1.165) is 28.2 Å². The van der Waals surface area contributed by atoms with Crippen LogP contribution in [0.2, 0.25) is 0 Å². The van der Waals surface area contributed by atoms with Gasteiger partial charge in [0.1, 0.15) is 13.2 Å². The number of esters is 2. The van der Waals surface area contributed by atoms with Gasteiger partial charge in [-0.1, -0.05) is 30.3 Å². The van der Waals surface area contributed by atoms with Gasteiger partial charge in [-0.25, -0.2) is 0 Å². The first kappa shape index (κ1) is 22.1. The number of nitrogens with zero attached hydrogens (tertiary/aromatic N) is 1. The summed E-state index contributed by atoms with van der Waals surface area (Å²) in [6.45, 7) is 7.51. The molecular formula is C26H27NO4. The van der Waals surface area contributed by atoms with Crippen molar-refractivity contribution in [3.63, 3.8) is 0 Å². The number of benzene rings is 3. The van der Waals surface area contributed by atoms with Gasteiger partial charge in [-0.05, 0) is 72.5 Å². The van der Waals surface area contributed by atoms with E-state index in [9.17, 15) is 9.59 Å². The summed E-state index contributed by atoms with van der Waals surface area (Å²) in [4.78, 5) is 24.3. The van der Waals surface area contributed by atoms with E-state index in [4.69, 9.17) is 9.47 Å². The molecule has 0 radical (unpaired) electrons. The van der Waals surface area contributed by atoms with Crippen LogP contribution in [0.4, 0.5) is 17.1 Å². The lowest BCUT2D eigenvalue weighted by atomic mass is 10.1. The van der Waals surface area contributed by atoms with Crippen LogP contribution < -0.4 is 4.90 Å². The van der Waals surface area contributed by atoms with Crippen LogP contribution in [0.25, 0.3) is 0 Å². The molecule has 0 aromatic heterocycles. The van der Waals surface area contributed by atoms with Gasteiger partial charge in [0.25, 0.3) is 0 Å². The van der Waals surface area contributed by atoms with Crippen molar-refractivity contribution in [2.75, 3.05) is 4.90 Å². The predicted molar refractivity (Wildman–Crippen MR) is 122 cm³/mol. The zero-order valence-electron chi connectivity index (χ0n) is 18.3. The molecule has 0 aliphatic carbocycles. The van der Waals surface area contributed by atoms with Gasteiger partial charge in [0.2, 0.25) is 0 Å². The molecule has 0 spiro atoms. The third-order valence-electron chi connectivity index (χ3n) is 5.02. The van der Waals surface area contributed by atoms with E-state index < -0.39 is 0 Å². The van der Waals surface area contributed by atoms with E-state index in [-0.39, 0.29) is 25.2 Å². The van der Waals surface area contributed by atoms with Gasteiger partial charge >= 0.3 is 11.9 Å². The highest BCUT2D eigenvalue weighted by atomic mass is 16.5. The van der Waals surface area contributed by atoms with Crippen LogP contribution in [0, 0.1) is 13.8 Å². The number of ether oxygens (including phenoxy) is 2. The Morgan fingerprint density at radius 1 is 0.645 bits per heavy atom. The van der Waals surface area contributed by atoms with Crippen LogP contribution in [0.3, 0.4) is 0 Å². The van der Waals surface area contributed by atoms with Crippen molar-refractivity contribution in [3.05, 3.63) is 89.0 Å². The molecule has 0 N–H and O–H groups in total. The zero-order chi connectivity index (χ0) is 22.4. The Morgan fingerprint density at radius 2 is 1.06 bits per heavy atom. The van der Waals surface area contributed by atoms with E-state index in [1.807, 2.05) is 48.5 Å². The number of carbonyl (C=O) groups excluding carboxylic acids is 2. The third-order valence-corrected chi connectivity index (χ3v) is 5.02. The second-order valence-electron chi connectivity index (χ2n) is 7.50. The minimum absolute atomic E-state index is 0.254.